The Labute approximate surface area is 143 Å². The second-order valence-corrected chi connectivity index (χ2v) is 6.74. The van der Waals surface area contributed by atoms with Crippen LogP contribution in [0.1, 0.15) is 30.2 Å². The summed E-state index contributed by atoms with van der Waals surface area (Å²) in [4.78, 5) is 18.8. The van der Waals surface area contributed by atoms with Gasteiger partial charge < -0.3 is 9.64 Å². The van der Waals surface area contributed by atoms with Gasteiger partial charge in [0.1, 0.15) is 0 Å². The molecule has 0 spiro atoms. The van der Waals surface area contributed by atoms with Gasteiger partial charge in [0.25, 0.3) is 0 Å². The van der Waals surface area contributed by atoms with E-state index in [1.807, 2.05) is 4.90 Å². The predicted molar refractivity (Wildman–Crippen MR) is 96.1 cm³/mol. The molecule has 1 fully saturated rings. The molecular weight excluding hydrogens is 300 g/mol. The highest BCUT2D eigenvalue weighted by atomic mass is 16.5. The van der Waals surface area contributed by atoms with Crippen LogP contribution in [0.3, 0.4) is 0 Å². The van der Waals surface area contributed by atoms with Crippen molar-refractivity contribution in [1.82, 2.24) is 9.88 Å². The van der Waals surface area contributed by atoms with Crippen LogP contribution in [0.5, 0.6) is 0 Å². The van der Waals surface area contributed by atoms with E-state index in [9.17, 15) is 4.79 Å². The van der Waals surface area contributed by atoms with Gasteiger partial charge in [0.15, 0.2) is 0 Å². The molecule has 1 atom stereocenters. The molecule has 3 rings (SSSR count). The first-order chi connectivity index (χ1) is 11.6. The van der Waals surface area contributed by atoms with E-state index in [-0.39, 0.29) is 5.91 Å². The van der Waals surface area contributed by atoms with Crippen molar-refractivity contribution in [2.75, 3.05) is 26.8 Å². The minimum Gasteiger partial charge on any atom is -0.383 e. The first-order valence-corrected chi connectivity index (χ1v) is 8.76. The van der Waals surface area contributed by atoms with Crippen molar-refractivity contribution in [3.8, 4) is 0 Å². The standard InChI is InChI=1S/C20H26N2O2/c1-4-15-5-6-19-18(11-15)14(2)9-17(21-19)10-16-12-20(23)22(13-16)7-8-24-3/h5-6,9,11,16H,4,7-8,10,12-13H2,1-3H3/t16-/m1/s1. The summed E-state index contributed by atoms with van der Waals surface area (Å²) in [5.41, 5.74) is 4.76. The molecule has 1 saturated heterocycles. The normalized spacial score (nSPS) is 17.9. The number of nitrogens with zero attached hydrogens (tertiary/aromatic N) is 2. The minimum atomic E-state index is 0.238. The molecule has 0 radical (unpaired) electrons. The van der Waals surface area contributed by atoms with E-state index >= 15 is 0 Å². The number of aromatic nitrogens is 1. The Morgan fingerprint density at radius 1 is 1.33 bits per heavy atom. The number of aryl methyl sites for hydroxylation is 2. The van der Waals surface area contributed by atoms with Crippen LogP contribution < -0.4 is 0 Å². The molecule has 4 heteroatoms. The Morgan fingerprint density at radius 3 is 2.92 bits per heavy atom. The molecule has 24 heavy (non-hydrogen) atoms. The van der Waals surface area contributed by atoms with E-state index in [0.717, 1.165) is 30.6 Å². The smallest absolute Gasteiger partial charge is 0.223 e. The fourth-order valence-electron chi connectivity index (χ4n) is 3.54. The first kappa shape index (κ1) is 16.9. The molecule has 4 nitrogen and oxygen atoms in total. The number of pyridine rings is 1. The third-order valence-corrected chi connectivity index (χ3v) is 4.90. The first-order valence-electron chi connectivity index (χ1n) is 8.76. The summed E-state index contributed by atoms with van der Waals surface area (Å²) < 4.78 is 5.08. The van der Waals surface area contributed by atoms with Crippen molar-refractivity contribution >= 4 is 16.8 Å². The molecule has 0 N–H and O–H groups in total. The summed E-state index contributed by atoms with van der Waals surface area (Å²) in [6.45, 7) is 6.43. The van der Waals surface area contributed by atoms with Gasteiger partial charge in [-0.15, -0.1) is 0 Å². The number of carbonyl (C=O) groups excluding carboxylic acids is 1. The molecule has 1 amide bonds. The molecule has 1 aliphatic heterocycles. The summed E-state index contributed by atoms with van der Waals surface area (Å²) in [5.74, 6) is 0.593. The monoisotopic (exact) mass is 326 g/mol. The zero-order valence-corrected chi connectivity index (χ0v) is 14.8. The average molecular weight is 326 g/mol. The van der Waals surface area contributed by atoms with Crippen LogP contribution >= 0.6 is 0 Å². The van der Waals surface area contributed by atoms with Gasteiger partial charge in [0.05, 0.1) is 12.1 Å². The maximum Gasteiger partial charge on any atom is 0.223 e. The molecule has 1 aliphatic rings. The second-order valence-electron chi connectivity index (χ2n) is 6.74. The van der Waals surface area contributed by atoms with Gasteiger partial charge in [-0.1, -0.05) is 13.0 Å². The Morgan fingerprint density at radius 2 is 2.17 bits per heavy atom. The largest absolute Gasteiger partial charge is 0.383 e. The Bertz CT molecular complexity index is 742. The number of ether oxygens (including phenoxy) is 1. The molecule has 1 aromatic heterocycles. The van der Waals surface area contributed by atoms with Crippen molar-refractivity contribution in [2.45, 2.75) is 33.1 Å². The summed E-state index contributed by atoms with van der Waals surface area (Å²) in [6.07, 6.45) is 2.53. The quantitative estimate of drug-likeness (QED) is 0.819. The maximum absolute atomic E-state index is 12.1. The van der Waals surface area contributed by atoms with Crippen molar-refractivity contribution in [1.29, 1.82) is 0 Å². The van der Waals surface area contributed by atoms with Gasteiger partial charge in [0.2, 0.25) is 5.91 Å². The Balaban J connectivity index is 1.75. The minimum absolute atomic E-state index is 0.238. The van der Waals surface area contributed by atoms with Crippen molar-refractivity contribution in [3.63, 3.8) is 0 Å². The zero-order chi connectivity index (χ0) is 17.1. The van der Waals surface area contributed by atoms with Crippen LogP contribution in [-0.4, -0.2) is 42.6 Å². The van der Waals surface area contributed by atoms with E-state index in [1.54, 1.807) is 7.11 Å². The van der Waals surface area contributed by atoms with Gasteiger partial charge in [-0.3, -0.25) is 9.78 Å². The van der Waals surface area contributed by atoms with Crippen LogP contribution in [-0.2, 0) is 22.4 Å². The Hall–Kier alpha value is -1.94. The lowest BCUT2D eigenvalue weighted by atomic mass is 9.99. The highest BCUT2D eigenvalue weighted by molar-refractivity contribution is 5.83. The number of hydrogen-bond donors (Lipinski definition) is 0. The lowest BCUT2D eigenvalue weighted by Gasteiger charge is -2.16. The van der Waals surface area contributed by atoms with E-state index < -0.39 is 0 Å². The molecule has 2 aromatic rings. The molecular formula is C20H26N2O2. The summed E-state index contributed by atoms with van der Waals surface area (Å²) in [7, 11) is 1.67. The third kappa shape index (κ3) is 3.59. The molecule has 0 unspecified atom stereocenters. The number of hydrogen-bond acceptors (Lipinski definition) is 3. The van der Waals surface area contributed by atoms with E-state index in [2.05, 4.69) is 38.1 Å². The van der Waals surface area contributed by atoms with Gasteiger partial charge in [-0.05, 0) is 55.0 Å². The highest BCUT2D eigenvalue weighted by Crippen LogP contribution is 2.25. The molecule has 0 bridgehead atoms. The van der Waals surface area contributed by atoms with Crippen LogP contribution in [0, 0.1) is 12.8 Å². The summed E-state index contributed by atoms with van der Waals surface area (Å²) >= 11 is 0. The Kier molecular flexibility index (Phi) is 5.14. The topological polar surface area (TPSA) is 42.4 Å². The number of amides is 1. The van der Waals surface area contributed by atoms with Gasteiger partial charge in [-0.25, -0.2) is 0 Å². The van der Waals surface area contributed by atoms with Crippen molar-refractivity contribution in [2.24, 2.45) is 5.92 Å². The average Bonchev–Trinajstić information content (AvgIpc) is 2.92. The number of carbonyl (C=O) groups is 1. The molecule has 128 valence electrons. The maximum atomic E-state index is 12.1. The molecule has 1 aromatic carbocycles. The number of fused-ring (bicyclic) bond motifs is 1. The van der Waals surface area contributed by atoms with Gasteiger partial charge in [-0.2, -0.15) is 0 Å². The number of methoxy groups -OCH3 is 1. The van der Waals surface area contributed by atoms with Gasteiger partial charge >= 0.3 is 0 Å². The lowest BCUT2D eigenvalue weighted by Crippen LogP contribution is -2.29. The van der Waals surface area contributed by atoms with Crippen LogP contribution in [0.15, 0.2) is 24.3 Å². The van der Waals surface area contributed by atoms with E-state index in [4.69, 9.17) is 9.72 Å². The van der Waals surface area contributed by atoms with E-state index in [1.165, 1.54) is 16.5 Å². The number of likely N-dealkylation sites (tertiary alicyclic amines) is 1. The molecule has 0 aliphatic carbocycles. The van der Waals surface area contributed by atoms with Crippen LogP contribution in [0.25, 0.3) is 10.9 Å². The van der Waals surface area contributed by atoms with E-state index in [0.29, 0.717) is 25.5 Å². The number of benzene rings is 1. The fourth-order valence-corrected chi connectivity index (χ4v) is 3.54. The molecule has 0 saturated carbocycles. The predicted octanol–water partition coefficient (Wildman–Crippen LogP) is 3.14. The lowest BCUT2D eigenvalue weighted by molar-refractivity contribution is -0.128. The van der Waals surface area contributed by atoms with Gasteiger partial charge in [0, 0.05) is 37.7 Å². The van der Waals surface area contributed by atoms with Crippen LogP contribution in [0.4, 0.5) is 0 Å². The third-order valence-electron chi connectivity index (χ3n) is 4.90. The molecule has 2 heterocycles. The number of rotatable bonds is 6. The fraction of sp³-hybridized carbons (Fsp3) is 0.500. The summed E-state index contributed by atoms with van der Waals surface area (Å²) in [6, 6.07) is 8.70. The van der Waals surface area contributed by atoms with Crippen LogP contribution in [0.2, 0.25) is 0 Å². The van der Waals surface area contributed by atoms with Crippen molar-refractivity contribution < 1.29 is 9.53 Å². The van der Waals surface area contributed by atoms with Crippen molar-refractivity contribution in [3.05, 3.63) is 41.1 Å². The second kappa shape index (κ2) is 7.31. The SMILES string of the molecule is CCc1ccc2nc(C[C@@H]3CC(=O)N(CCOC)C3)cc(C)c2c1. The zero-order valence-electron chi connectivity index (χ0n) is 14.8. The summed E-state index contributed by atoms with van der Waals surface area (Å²) in [5, 5.41) is 1.24. The highest BCUT2D eigenvalue weighted by Gasteiger charge is 2.29.